The van der Waals surface area contributed by atoms with E-state index < -0.39 is 0 Å². The summed E-state index contributed by atoms with van der Waals surface area (Å²) in [5.41, 5.74) is 3.08. The van der Waals surface area contributed by atoms with Crippen molar-refractivity contribution in [2.45, 2.75) is 19.3 Å². The van der Waals surface area contributed by atoms with Gasteiger partial charge in [0.1, 0.15) is 12.1 Å². The predicted octanol–water partition coefficient (Wildman–Crippen LogP) is 1.33. The summed E-state index contributed by atoms with van der Waals surface area (Å²) in [4.78, 5) is 29.8. The van der Waals surface area contributed by atoms with E-state index in [-0.39, 0.29) is 5.91 Å². The van der Waals surface area contributed by atoms with Crippen molar-refractivity contribution < 1.29 is 9.53 Å². The van der Waals surface area contributed by atoms with Crippen molar-refractivity contribution in [3.63, 3.8) is 0 Å². The van der Waals surface area contributed by atoms with Crippen LogP contribution >= 0.6 is 0 Å². The summed E-state index contributed by atoms with van der Waals surface area (Å²) in [6.45, 7) is 2.95. The van der Waals surface area contributed by atoms with E-state index in [2.05, 4.69) is 19.9 Å². The zero-order chi connectivity index (χ0) is 17.2. The van der Waals surface area contributed by atoms with E-state index in [9.17, 15) is 4.79 Å². The van der Waals surface area contributed by atoms with Gasteiger partial charge in [-0.05, 0) is 25.3 Å². The summed E-state index contributed by atoms with van der Waals surface area (Å²) in [7, 11) is 1.56. The van der Waals surface area contributed by atoms with Crippen LogP contribution in [0.15, 0.2) is 24.7 Å². The molecule has 3 heterocycles. The molecule has 0 bridgehead atoms. The van der Waals surface area contributed by atoms with E-state index in [1.807, 2.05) is 4.90 Å². The van der Waals surface area contributed by atoms with Gasteiger partial charge in [0, 0.05) is 49.7 Å². The largest absolute Gasteiger partial charge is 0.481 e. The number of piperazine rings is 1. The summed E-state index contributed by atoms with van der Waals surface area (Å²) >= 11 is 0. The molecule has 7 nitrogen and oxygen atoms in total. The number of nitrogens with zero attached hydrogens (tertiary/aromatic N) is 5. The third kappa shape index (κ3) is 3.01. The van der Waals surface area contributed by atoms with E-state index in [0.29, 0.717) is 24.5 Å². The quantitative estimate of drug-likeness (QED) is 0.840. The molecule has 1 saturated heterocycles. The number of anilines is 1. The van der Waals surface area contributed by atoms with E-state index in [0.717, 1.165) is 38.2 Å². The molecular formula is C18H21N5O2. The number of fused-ring (bicyclic) bond motifs is 1. The van der Waals surface area contributed by atoms with Gasteiger partial charge in [-0.2, -0.15) is 0 Å². The highest BCUT2D eigenvalue weighted by Gasteiger charge is 2.26. The number of methoxy groups -OCH3 is 1. The lowest BCUT2D eigenvalue weighted by molar-refractivity contribution is 0.0746. The Morgan fingerprint density at radius 3 is 2.64 bits per heavy atom. The van der Waals surface area contributed by atoms with Crippen molar-refractivity contribution in [2.75, 3.05) is 38.2 Å². The Hall–Kier alpha value is -2.70. The van der Waals surface area contributed by atoms with Crippen LogP contribution in [0, 0.1) is 0 Å². The molecule has 1 aliphatic carbocycles. The molecule has 0 unspecified atom stereocenters. The van der Waals surface area contributed by atoms with Crippen LogP contribution in [-0.2, 0) is 12.8 Å². The highest BCUT2D eigenvalue weighted by atomic mass is 16.5. The van der Waals surface area contributed by atoms with Crippen molar-refractivity contribution in [2.24, 2.45) is 0 Å². The first-order valence-corrected chi connectivity index (χ1v) is 8.63. The smallest absolute Gasteiger partial charge is 0.255 e. The highest BCUT2D eigenvalue weighted by Crippen LogP contribution is 2.28. The van der Waals surface area contributed by atoms with Crippen molar-refractivity contribution in [3.8, 4) is 5.88 Å². The molecule has 1 aliphatic heterocycles. The van der Waals surface area contributed by atoms with E-state index in [1.54, 1.807) is 31.8 Å². The molecule has 4 rings (SSSR count). The minimum atomic E-state index is 0.0164. The highest BCUT2D eigenvalue weighted by molar-refractivity contribution is 5.94. The molecule has 0 spiro atoms. The van der Waals surface area contributed by atoms with Crippen molar-refractivity contribution >= 4 is 11.7 Å². The van der Waals surface area contributed by atoms with Crippen LogP contribution in [0.1, 0.15) is 28.0 Å². The summed E-state index contributed by atoms with van der Waals surface area (Å²) in [5.74, 6) is 1.59. The average Bonchev–Trinajstić information content (AvgIpc) is 3.16. The van der Waals surface area contributed by atoms with Crippen LogP contribution in [0.4, 0.5) is 5.82 Å². The van der Waals surface area contributed by atoms with Gasteiger partial charge in [-0.3, -0.25) is 4.79 Å². The van der Waals surface area contributed by atoms with Crippen LogP contribution in [0.5, 0.6) is 5.88 Å². The summed E-state index contributed by atoms with van der Waals surface area (Å²) in [6, 6.07) is 3.48. The number of pyridine rings is 1. The zero-order valence-corrected chi connectivity index (χ0v) is 14.3. The first-order valence-electron chi connectivity index (χ1n) is 8.63. The monoisotopic (exact) mass is 339 g/mol. The molecule has 1 fully saturated rings. The van der Waals surface area contributed by atoms with Crippen molar-refractivity contribution in [1.82, 2.24) is 19.9 Å². The van der Waals surface area contributed by atoms with Crippen LogP contribution in [0.3, 0.4) is 0 Å². The van der Waals surface area contributed by atoms with Gasteiger partial charge >= 0.3 is 0 Å². The number of rotatable bonds is 3. The Kier molecular flexibility index (Phi) is 4.21. The normalized spacial score (nSPS) is 16.7. The zero-order valence-electron chi connectivity index (χ0n) is 14.3. The predicted molar refractivity (Wildman–Crippen MR) is 93.0 cm³/mol. The third-order valence-electron chi connectivity index (χ3n) is 4.91. The molecule has 0 N–H and O–H groups in total. The maximum atomic E-state index is 12.6. The number of hydrogen-bond donors (Lipinski definition) is 0. The lowest BCUT2D eigenvalue weighted by atomic mass is 10.2. The van der Waals surface area contributed by atoms with Crippen LogP contribution < -0.4 is 9.64 Å². The van der Waals surface area contributed by atoms with Gasteiger partial charge in [-0.25, -0.2) is 15.0 Å². The van der Waals surface area contributed by atoms with E-state index in [4.69, 9.17) is 4.74 Å². The van der Waals surface area contributed by atoms with Crippen LogP contribution in [-0.4, -0.2) is 59.0 Å². The second kappa shape index (κ2) is 6.66. The molecule has 0 aromatic carbocycles. The maximum absolute atomic E-state index is 12.6. The Balaban J connectivity index is 1.43. The fourth-order valence-corrected chi connectivity index (χ4v) is 3.55. The minimum absolute atomic E-state index is 0.0164. The van der Waals surface area contributed by atoms with Gasteiger partial charge in [-0.1, -0.05) is 0 Å². The maximum Gasteiger partial charge on any atom is 0.255 e. The van der Waals surface area contributed by atoms with Gasteiger partial charge in [-0.15, -0.1) is 0 Å². The van der Waals surface area contributed by atoms with Gasteiger partial charge in [0.15, 0.2) is 0 Å². The van der Waals surface area contributed by atoms with Gasteiger partial charge < -0.3 is 14.5 Å². The van der Waals surface area contributed by atoms with Crippen LogP contribution in [0.2, 0.25) is 0 Å². The molecule has 7 heteroatoms. The fourth-order valence-electron chi connectivity index (χ4n) is 3.55. The first-order chi connectivity index (χ1) is 12.3. The van der Waals surface area contributed by atoms with Gasteiger partial charge in [0.05, 0.1) is 12.7 Å². The number of hydrogen-bond acceptors (Lipinski definition) is 6. The van der Waals surface area contributed by atoms with Gasteiger partial charge in [0.25, 0.3) is 5.91 Å². The van der Waals surface area contributed by atoms with Crippen LogP contribution in [0.25, 0.3) is 0 Å². The molecule has 2 aromatic rings. The van der Waals surface area contributed by atoms with E-state index >= 15 is 0 Å². The lowest BCUT2D eigenvalue weighted by Crippen LogP contribution is -2.49. The SMILES string of the molecule is COc1ccc(C(=O)N2CCN(c3ncnc4c3CCC4)CC2)cn1. The third-order valence-corrected chi connectivity index (χ3v) is 4.91. The Morgan fingerprint density at radius 2 is 1.92 bits per heavy atom. The summed E-state index contributed by atoms with van der Waals surface area (Å²) in [5, 5.41) is 0. The number of carbonyl (C=O) groups excluding carboxylic acids is 1. The second-order valence-corrected chi connectivity index (χ2v) is 6.34. The Labute approximate surface area is 146 Å². The standard InChI is InChI=1S/C18H21N5O2/c1-25-16-6-5-13(11-19-16)18(24)23-9-7-22(8-10-23)17-14-3-2-4-15(14)20-12-21-17/h5-6,11-12H,2-4,7-10H2,1H3. The van der Waals surface area contributed by atoms with Gasteiger partial charge in [0.2, 0.25) is 5.88 Å². The molecule has 25 heavy (non-hydrogen) atoms. The molecule has 0 atom stereocenters. The van der Waals surface area contributed by atoms with Crippen molar-refractivity contribution in [1.29, 1.82) is 0 Å². The summed E-state index contributed by atoms with van der Waals surface area (Å²) in [6.07, 6.45) is 6.50. The fraction of sp³-hybridized carbons (Fsp3) is 0.444. The molecule has 0 saturated carbocycles. The Bertz CT molecular complexity index is 770. The number of amides is 1. The second-order valence-electron chi connectivity index (χ2n) is 6.34. The number of ether oxygens (including phenoxy) is 1. The number of aromatic nitrogens is 3. The molecule has 2 aliphatic rings. The summed E-state index contributed by atoms with van der Waals surface area (Å²) < 4.78 is 5.04. The molecular weight excluding hydrogens is 318 g/mol. The lowest BCUT2D eigenvalue weighted by Gasteiger charge is -2.36. The molecule has 1 amide bonds. The molecule has 2 aromatic heterocycles. The van der Waals surface area contributed by atoms with Crippen molar-refractivity contribution in [3.05, 3.63) is 41.5 Å². The van der Waals surface area contributed by atoms with E-state index in [1.165, 1.54) is 11.3 Å². The average molecular weight is 339 g/mol. The number of aryl methyl sites for hydroxylation is 1. The molecule has 0 radical (unpaired) electrons. The topological polar surface area (TPSA) is 71.5 Å². The number of carbonyl (C=O) groups is 1. The Morgan fingerprint density at radius 1 is 1.08 bits per heavy atom. The molecule has 130 valence electrons. The first kappa shape index (κ1) is 15.8. The minimum Gasteiger partial charge on any atom is -0.481 e.